The largest absolute Gasteiger partial charge is 0.372 e. The fraction of sp³-hybridized carbons (Fsp3) is 0.714. The van der Waals surface area contributed by atoms with Gasteiger partial charge in [-0.2, -0.15) is 0 Å². The van der Waals surface area contributed by atoms with E-state index < -0.39 is 17.8 Å². The van der Waals surface area contributed by atoms with Crippen LogP contribution in [0.1, 0.15) is 58.3 Å². The maximum Gasteiger partial charge on any atom is 0.251 e. The molecule has 11 heteroatoms. The number of morpholine rings is 1. The van der Waals surface area contributed by atoms with Crippen LogP contribution >= 0.6 is 0 Å². The van der Waals surface area contributed by atoms with Gasteiger partial charge in [-0.15, -0.1) is 0 Å². The van der Waals surface area contributed by atoms with Crippen LogP contribution in [0.3, 0.4) is 0 Å². The first-order chi connectivity index (χ1) is 18.4. The molecular weight excluding hydrogens is 506 g/mol. The van der Waals surface area contributed by atoms with Crippen LogP contribution in [0.4, 0.5) is 5.69 Å². The second kappa shape index (κ2) is 10.9. The van der Waals surface area contributed by atoms with Gasteiger partial charge in [-0.05, 0) is 65.8 Å². The van der Waals surface area contributed by atoms with E-state index in [9.17, 15) is 9.59 Å². The van der Waals surface area contributed by atoms with Gasteiger partial charge in [0.15, 0.2) is 17.8 Å². The summed E-state index contributed by atoms with van der Waals surface area (Å²) < 4.78 is 36.2. The quantitative estimate of drug-likeness (QED) is 0.530. The first-order valence-electron chi connectivity index (χ1n) is 13.8. The smallest absolute Gasteiger partial charge is 0.251 e. The monoisotopic (exact) mass is 547 g/mol. The minimum absolute atomic E-state index is 0.0160. The molecule has 216 valence electrons. The van der Waals surface area contributed by atoms with Crippen LogP contribution in [-0.4, -0.2) is 97.4 Å². The average molecular weight is 548 g/mol. The van der Waals surface area contributed by atoms with E-state index in [4.69, 9.17) is 28.4 Å². The number of hydrogen-bond donors (Lipinski definition) is 2. The van der Waals surface area contributed by atoms with E-state index in [0.717, 1.165) is 5.69 Å². The summed E-state index contributed by atoms with van der Waals surface area (Å²) in [4.78, 5) is 27.0. The Kier molecular flexibility index (Phi) is 7.93. The Balaban J connectivity index is 1.14. The van der Waals surface area contributed by atoms with E-state index in [0.29, 0.717) is 25.3 Å². The van der Waals surface area contributed by atoms with Crippen LogP contribution in [0.15, 0.2) is 24.3 Å². The number of benzene rings is 1. The summed E-state index contributed by atoms with van der Waals surface area (Å²) in [5.41, 5.74) is 1.28. The minimum Gasteiger partial charge on any atom is -0.372 e. The molecule has 11 nitrogen and oxygen atoms in total. The summed E-state index contributed by atoms with van der Waals surface area (Å²) in [6, 6.07) is 7.12. The van der Waals surface area contributed by atoms with Crippen molar-refractivity contribution in [1.29, 1.82) is 0 Å². The maximum atomic E-state index is 12.7. The molecule has 4 saturated heterocycles. The van der Waals surface area contributed by atoms with Crippen molar-refractivity contribution < 1.29 is 38.0 Å². The van der Waals surface area contributed by atoms with E-state index >= 15 is 0 Å². The number of fused-ring (bicyclic) bond motifs is 1. The van der Waals surface area contributed by atoms with Crippen LogP contribution in [0, 0.1) is 0 Å². The van der Waals surface area contributed by atoms with Gasteiger partial charge in [-0.3, -0.25) is 9.59 Å². The van der Waals surface area contributed by atoms with Gasteiger partial charge in [0, 0.05) is 37.3 Å². The fourth-order valence-electron chi connectivity index (χ4n) is 5.73. The summed E-state index contributed by atoms with van der Waals surface area (Å²) in [7, 11) is 0. The Morgan fingerprint density at radius 2 is 1.56 bits per heavy atom. The Morgan fingerprint density at radius 1 is 0.897 bits per heavy atom. The zero-order valence-electron chi connectivity index (χ0n) is 23.6. The number of ether oxygens (including phenoxy) is 6. The van der Waals surface area contributed by atoms with Crippen LogP contribution < -0.4 is 10.6 Å². The molecule has 2 amide bonds. The molecule has 3 unspecified atom stereocenters. The summed E-state index contributed by atoms with van der Waals surface area (Å²) in [6.07, 6.45) is -1.46. The number of carbonyl (C=O) groups is 2. The highest BCUT2D eigenvalue weighted by Gasteiger charge is 2.59. The number of carbonyl (C=O) groups excluding carboxylic acids is 2. The molecule has 0 radical (unpaired) electrons. The van der Waals surface area contributed by atoms with E-state index in [1.165, 1.54) is 0 Å². The molecule has 2 N–H and O–H groups in total. The maximum absolute atomic E-state index is 12.7. The highest BCUT2D eigenvalue weighted by Crippen LogP contribution is 2.42. The lowest BCUT2D eigenvalue weighted by atomic mass is 10.1. The van der Waals surface area contributed by atoms with Gasteiger partial charge in [0.2, 0.25) is 5.91 Å². The third kappa shape index (κ3) is 6.55. The minimum atomic E-state index is -0.742. The lowest BCUT2D eigenvalue weighted by molar-refractivity contribution is -0.203. The molecule has 0 aliphatic carbocycles. The fourth-order valence-corrected chi connectivity index (χ4v) is 5.73. The van der Waals surface area contributed by atoms with E-state index in [1.54, 1.807) is 17.0 Å². The first-order valence-corrected chi connectivity index (χ1v) is 13.8. The summed E-state index contributed by atoms with van der Waals surface area (Å²) in [5, 5.41) is 6.22. The van der Waals surface area contributed by atoms with Crippen molar-refractivity contribution >= 4 is 17.5 Å². The molecule has 4 fully saturated rings. The van der Waals surface area contributed by atoms with Crippen LogP contribution in [0.5, 0.6) is 0 Å². The molecule has 1 aromatic rings. The predicted octanol–water partition coefficient (Wildman–Crippen LogP) is 2.25. The standard InChI is InChI=1S/C28H41N3O8/c1-16-13-31(14-17(2)35-16)21(32)11-12-29-25(33)18-7-9-19(10-8-18)30-26-24-23(38-28(5,6)39-24)22(36-26)20-15-34-27(3,4)37-20/h7-10,16-17,20,22-24,26,30H,11-15H2,1-6H3,(H,29,33)/t16-,17+,20?,22?,23-,24-,26?/m0/s1. The lowest BCUT2D eigenvalue weighted by Gasteiger charge is -2.35. The molecule has 4 heterocycles. The topological polar surface area (TPSA) is 117 Å². The lowest BCUT2D eigenvalue weighted by Crippen LogP contribution is -2.48. The van der Waals surface area contributed by atoms with E-state index in [2.05, 4.69) is 10.6 Å². The second-order valence-electron chi connectivity index (χ2n) is 11.7. The Hall–Kier alpha value is -2.28. The highest BCUT2D eigenvalue weighted by atomic mass is 16.8. The molecule has 0 saturated carbocycles. The van der Waals surface area contributed by atoms with Crippen molar-refractivity contribution in [2.24, 2.45) is 0 Å². The zero-order valence-corrected chi connectivity index (χ0v) is 23.6. The van der Waals surface area contributed by atoms with Crippen LogP contribution in [0.2, 0.25) is 0 Å². The summed E-state index contributed by atoms with van der Waals surface area (Å²) in [6.45, 7) is 13.3. The molecule has 7 atom stereocenters. The number of hydrogen-bond acceptors (Lipinski definition) is 9. The van der Waals surface area contributed by atoms with Crippen molar-refractivity contribution in [3.63, 3.8) is 0 Å². The normalized spacial score (nSPS) is 35.0. The molecule has 4 aliphatic heterocycles. The summed E-state index contributed by atoms with van der Waals surface area (Å²) in [5.74, 6) is -1.63. The Labute approximate surface area is 229 Å². The van der Waals surface area contributed by atoms with E-state index in [-0.39, 0.29) is 61.4 Å². The van der Waals surface area contributed by atoms with Crippen molar-refractivity contribution in [3.05, 3.63) is 29.8 Å². The molecule has 39 heavy (non-hydrogen) atoms. The van der Waals surface area contributed by atoms with E-state index in [1.807, 2.05) is 53.7 Å². The number of nitrogens with one attached hydrogen (secondary N) is 2. The molecule has 4 aliphatic rings. The third-order valence-electron chi connectivity index (χ3n) is 7.34. The van der Waals surface area contributed by atoms with Gasteiger partial charge >= 0.3 is 0 Å². The Morgan fingerprint density at radius 3 is 2.21 bits per heavy atom. The molecule has 5 rings (SSSR count). The van der Waals surface area contributed by atoms with Crippen molar-refractivity contribution in [2.75, 3.05) is 31.6 Å². The second-order valence-corrected chi connectivity index (χ2v) is 11.7. The van der Waals surface area contributed by atoms with Crippen molar-refractivity contribution in [3.8, 4) is 0 Å². The SMILES string of the molecule is C[C@@H]1CN(C(=O)CCNC(=O)c2ccc(NC3OC(C4COC(C)(C)O4)[C@@H]4OC(C)(C)O[C@H]34)cc2)C[C@H](C)O1. The average Bonchev–Trinajstić information content (AvgIpc) is 3.48. The van der Waals surface area contributed by atoms with Crippen molar-refractivity contribution in [1.82, 2.24) is 10.2 Å². The molecule has 0 aromatic heterocycles. The van der Waals surface area contributed by atoms with Crippen molar-refractivity contribution in [2.45, 2.75) is 102 Å². The van der Waals surface area contributed by atoms with Gasteiger partial charge in [0.1, 0.15) is 24.4 Å². The van der Waals surface area contributed by atoms with Gasteiger partial charge in [-0.1, -0.05) is 0 Å². The Bertz CT molecular complexity index is 1040. The number of amides is 2. The number of anilines is 1. The molecular formula is C28H41N3O8. The molecule has 0 spiro atoms. The van der Waals surface area contributed by atoms with Gasteiger partial charge in [0.05, 0.1) is 18.8 Å². The number of nitrogens with zero attached hydrogens (tertiary/aromatic N) is 1. The molecule has 0 bridgehead atoms. The third-order valence-corrected chi connectivity index (χ3v) is 7.34. The van der Waals surface area contributed by atoms with Gasteiger partial charge < -0.3 is 44.0 Å². The van der Waals surface area contributed by atoms with Gasteiger partial charge in [0.25, 0.3) is 5.91 Å². The zero-order chi connectivity index (χ0) is 27.9. The van der Waals surface area contributed by atoms with Crippen LogP contribution in [-0.2, 0) is 33.2 Å². The number of rotatable bonds is 7. The highest BCUT2D eigenvalue weighted by molar-refractivity contribution is 5.94. The summed E-state index contributed by atoms with van der Waals surface area (Å²) >= 11 is 0. The predicted molar refractivity (Wildman–Crippen MR) is 141 cm³/mol. The van der Waals surface area contributed by atoms with Crippen LogP contribution in [0.25, 0.3) is 0 Å². The molecule has 1 aromatic carbocycles. The first kappa shape index (κ1) is 28.3. The van der Waals surface area contributed by atoms with Gasteiger partial charge in [-0.25, -0.2) is 0 Å².